The molecular formula is C24H23F4N3O4. The highest BCUT2D eigenvalue weighted by atomic mass is 19.4. The monoisotopic (exact) mass is 493 g/mol. The number of halogens is 4. The van der Waals surface area contributed by atoms with Gasteiger partial charge in [0.05, 0.1) is 0 Å². The lowest BCUT2D eigenvalue weighted by atomic mass is 10.1. The number of rotatable bonds is 11. The Morgan fingerprint density at radius 1 is 1.03 bits per heavy atom. The van der Waals surface area contributed by atoms with E-state index in [4.69, 9.17) is 9.84 Å². The third-order valence-electron chi connectivity index (χ3n) is 4.93. The van der Waals surface area contributed by atoms with Gasteiger partial charge < -0.3 is 19.5 Å². The topological polar surface area (TPSA) is 84.8 Å². The van der Waals surface area contributed by atoms with E-state index in [1.54, 1.807) is 18.5 Å². The largest absolute Gasteiger partial charge is 0.573 e. The van der Waals surface area contributed by atoms with Gasteiger partial charge in [-0.1, -0.05) is 25.1 Å². The molecule has 0 amide bonds. The lowest BCUT2D eigenvalue weighted by Crippen LogP contribution is -2.27. The van der Waals surface area contributed by atoms with Crippen molar-refractivity contribution in [1.82, 2.24) is 9.97 Å². The fraction of sp³-hybridized carbons (Fsp3) is 0.292. The molecular weight excluding hydrogens is 470 g/mol. The number of aromatic nitrogens is 2. The molecule has 1 aromatic heterocycles. The van der Waals surface area contributed by atoms with E-state index in [1.165, 1.54) is 36.4 Å². The van der Waals surface area contributed by atoms with Crippen LogP contribution in [0.15, 0.2) is 54.9 Å². The number of nitrogens with zero attached hydrogens (tertiary/aromatic N) is 3. The molecule has 0 aliphatic rings. The smallest absolute Gasteiger partial charge is 0.479 e. The van der Waals surface area contributed by atoms with Crippen LogP contribution in [-0.4, -0.2) is 40.6 Å². The normalized spacial score (nSPS) is 11.2. The van der Waals surface area contributed by atoms with Crippen molar-refractivity contribution in [3.8, 4) is 11.5 Å². The van der Waals surface area contributed by atoms with Crippen LogP contribution >= 0.6 is 0 Å². The summed E-state index contributed by atoms with van der Waals surface area (Å²) in [7, 11) is 0. The molecule has 3 rings (SSSR count). The standard InChI is InChI=1S/C24H23F4N3O4/c1-2-16-12-29-23(30-13-16)31(14-18-3-6-19(7-4-18)35-24(26,27)28)10-9-17-5-8-21(20(25)11-17)34-15-22(32)33/h3-8,11-13H,2,9-10,14-15H2,1H3,(H,32,33). The third kappa shape index (κ3) is 8.13. The minimum absolute atomic E-state index is 0.160. The number of aryl methyl sites for hydroxylation is 1. The molecule has 0 bridgehead atoms. The Morgan fingerprint density at radius 2 is 1.69 bits per heavy atom. The second kappa shape index (κ2) is 11.5. The Labute approximate surface area is 199 Å². The number of alkyl halides is 3. The Hall–Kier alpha value is -3.89. The highest BCUT2D eigenvalue weighted by molar-refractivity contribution is 5.68. The number of benzene rings is 2. The number of carboxylic acid groups (broad SMARTS) is 1. The molecule has 0 radical (unpaired) electrons. The first-order valence-electron chi connectivity index (χ1n) is 10.7. The van der Waals surface area contributed by atoms with E-state index in [9.17, 15) is 22.4 Å². The van der Waals surface area contributed by atoms with Crippen molar-refractivity contribution in [2.24, 2.45) is 0 Å². The fourth-order valence-corrected chi connectivity index (χ4v) is 3.18. The van der Waals surface area contributed by atoms with Crippen molar-refractivity contribution >= 4 is 11.9 Å². The maximum atomic E-state index is 14.3. The number of anilines is 1. The van der Waals surface area contributed by atoms with Gasteiger partial charge in [-0.3, -0.25) is 0 Å². The van der Waals surface area contributed by atoms with E-state index in [1.807, 2.05) is 11.8 Å². The molecule has 2 aromatic carbocycles. The summed E-state index contributed by atoms with van der Waals surface area (Å²) in [4.78, 5) is 21.2. The maximum Gasteiger partial charge on any atom is 0.573 e. The van der Waals surface area contributed by atoms with Crippen LogP contribution in [0, 0.1) is 5.82 Å². The molecule has 186 valence electrons. The van der Waals surface area contributed by atoms with E-state index in [-0.39, 0.29) is 11.5 Å². The van der Waals surface area contributed by atoms with Crippen LogP contribution in [0.1, 0.15) is 23.6 Å². The van der Waals surface area contributed by atoms with Crippen LogP contribution in [0.5, 0.6) is 11.5 Å². The molecule has 3 aromatic rings. The van der Waals surface area contributed by atoms with Gasteiger partial charge in [0.25, 0.3) is 0 Å². The molecule has 0 saturated carbocycles. The van der Waals surface area contributed by atoms with Crippen LogP contribution < -0.4 is 14.4 Å². The van der Waals surface area contributed by atoms with Gasteiger partial charge in [-0.25, -0.2) is 19.2 Å². The molecule has 0 aliphatic heterocycles. The average molecular weight is 493 g/mol. The summed E-state index contributed by atoms with van der Waals surface area (Å²) in [6, 6.07) is 9.75. The van der Waals surface area contributed by atoms with Crippen LogP contribution in [0.4, 0.5) is 23.5 Å². The summed E-state index contributed by atoms with van der Waals surface area (Å²) >= 11 is 0. The Balaban J connectivity index is 1.74. The van der Waals surface area contributed by atoms with Gasteiger partial charge in [0, 0.05) is 25.5 Å². The zero-order chi connectivity index (χ0) is 25.4. The lowest BCUT2D eigenvalue weighted by molar-refractivity contribution is -0.274. The van der Waals surface area contributed by atoms with Crippen LogP contribution in [0.3, 0.4) is 0 Å². The predicted molar refractivity (Wildman–Crippen MR) is 119 cm³/mol. The Morgan fingerprint density at radius 3 is 2.26 bits per heavy atom. The first kappa shape index (κ1) is 25.7. The first-order valence-corrected chi connectivity index (χ1v) is 10.7. The number of carboxylic acids is 1. The minimum Gasteiger partial charge on any atom is -0.479 e. The lowest BCUT2D eigenvalue weighted by Gasteiger charge is -2.23. The summed E-state index contributed by atoms with van der Waals surface area (Å²) in [5.74, 6) is -1.96. The zero-order valence-corrected chi connectivity index (χ0v) is 18.8. The van der Waals surface area contributed by atoms with Gasteiger partial charge in [-0.15, -0.1) is 13.2 Å². The predicted octanol–water partition coefficient (Wildman–Crippen LogP) is 4.79. The summed E-state index contributed by atoms with van der Waals surface area (Å²) < 4.78 is 60.4. The van der Waals surface area contributed by atoms with Gasteiger partial charge in [0.2, 0.25) is 5.95 Å². The zero-order valence-electron chi connectivity index (χ0n) is 18.8. The Kier molecular flexibility index (Phi) is 8.45. The number of hydrogen-bond acceptors (Lipinski definition) is 6. The van der Waals surface area contributed by atoms with Crippen molar-refractivity contribution in [2.75, 3.05) is 18.1 Å². The second-order valence-corrected chi connectivity index (χ2v) is 7.56. The van der Waals surface area contributed by atoms with E-state index >= 15 is 0 Å². The third-order valence-corrected chi connectivity index (χ3v) is 4.93. The molecule has 11 heteroatoms. The molecule has 0 aliphatic carbocycles. The van der Waals surface area contributed by atoms with E-state index in [2.05, 4.69) is 14.7 Å². The molecule has 0 saturated heterocycles. The summed E-state index contributed by atoms with van der Waals surface area (Å²) in [5, 5.41) is 8.67. The van der Waals surface area contributed by atoms with Crippen molar-refractivity contribution in [2.45, 2.75) is 32.7 Å². The SMILES string of the molecule is CCc1cnc(N(CCc2ccc(OCC(=O)O)c(F)c2)Cc2ccc(OC(F)(F)F)cc2)nc1. The maximum absolute atomic E-state index is 14.3. The molecule has 1 N–H and O–H groups in total. The molecule has 1 heterocycles. The second-order valence-electron chi connectivity index (χ2n) is 7.56. The highest BCUT2D eigenvalue weighted by Crippen LogP contribution is 2.24. The van der Waals surface area contributed by atoms with Gasteiger partial charge >= 0.3 is 12.3 Å². The number of aliphatic carboxylic acids is 1. The number of hydrogen-bond donors (Lipinski definition) is 1. The molecule has 0 spiro atoms. The van der Waals surface area contributed by atoms with Crippen LogP contribution in [0.25, 0.3) is 0 Å². The van der Waals surface area contributed by atoms with Gasteiger partial charge in [0.15, 0.2) is 18.2 Å². The summed E-state index contributed by atoms with van der Waals surface area (Å²) in [6.45, 7) is 1.99. The number of carbonyl (C=O) groups is 1. The summed E-state index contributed by atoms with van der Waals surface area (Å²) in [6.07, 6.45) is -0.222. The quantitative estimate of drug-likeness (QED) is 0.385. The first-order chi connectivity index (χ1) is 16.6. The van der Waals surface area contributed by atoms with E-state index < -0.39 is 24.8 Å². The summed E-state index contributed by atoms with van der Waals surface area (Å²) in [5.41, 5.74) is 2.28. The van der Waals surface area contributed by atoms with Crippen molar-refractivity contribution < 1.29 is 36.9 Å². The van der Waals surface area contributed by atoms with Gasteiger partial charge in [-0.2, -0.15) is 0 Å². The average Bonchev–Trinajstić information content (AvgIpc) is 2.81. The highest BCUT2D eigenvalue weighted by Gasteiger charge is 2.31. The van der Waals surface area contributed by atoms with Crippen molar-refractivity contribution in [1.29, 1.82) is 0 Å². The van der Waals surface area contributed by atoms with E-state index in [0.717, 1.165) is 12.0 Å². The van der Waals surface area contributed by atoms with Crippen LogP contribution in [-0.2, 0) is 24.2 Å². The Bertz CT molecular complexity index is 1120. The van der Waals surface area contributed by atoms with Gasteiger partial charge in [0.1, 0.15) is 5.75 Å². The minimum atomic E-state index is -4.77. The number of ether oxygens (including phenoxy) is 2. The van der Waals surface area contributed by atoms with Crippen molar-refractivity contribution in [3.05, 3.63) is 77.4 Å². The molecule has 0 atom stereocenters. The van der Waals surface area contributed by atoms with E-state index in [0.29, 0.717) is 36.6 Å². The molecule has 35 heavy (non-hydrogen) atoms. The molecule has 0 unspecified atom stereocenters. The molecule has 7 nitrogen and oxygen atoms in total. The molecule has 0 fully saturated rings. The fourth-order valence-electron chi connectivity index (χ4n) is 3.18. The van der Waals surface area contributed by atoms with Crippen LogP contribution in [0.2, 0.25) is 0 Å². The van der Waals surface area contributed by atoms with Crippen molar-refractivity contribution in [3.63, 3.8) is 0 Å². The van der Waals surface area contributed by atoms with Gasteiger partial charge in [-0.05, 0) is 53.8 Å².